The molecule has 0 heterocycles. The Kier molecular flexibility index (Phi) is 2.58. The molecular weight excluding hydrogens is 96.1 g/mol. The van der Waals surface area contributed by atoms with Crippen LogP contribution in [0.2, 0.25) is 0 Å². The molecule has 8 heavy (non-hydrogen) atoms. The molecule has 0 radical (unpaired) electrons. The number of rotatable bonds is 0. The molecule has 0 amide bonds. The minimum Gasteiger partial charge on any atom is -0.232 e. The Morgan fingerprint density at radius 2 is 2.12 bits per heavy atom. The molecule has 0 aliphatic heterocycles. The molecule has 0 saturated heterocycles. The molecule has 0 nitrogen and oxygen atoms in total. The van der Waals surface area contributed by atoms with Gasteiger partial charge in [0.15, 0.2) is 0 Å². The van der Waals surface area contributed by atoms with Crippen molar-refractivity contribution in [3.05, 3.63) is 18.6 Å². The third-order valence-corrected chi connectivity index (χ3v) is 1.51. The van der Waals surface area contributed by atoms with Gasteiger partial charge in [-0.2, -0.15) is 0 Å². The van der Waals surface area contributed by atoms with E-state index >= 15 is 0 Å². The summed E-state index contributed by atoms with van der Waals surface area (Å²) in [6.07, 6.45) is 13.5. The molecule has 0 aromatic heterocycles. The van der Waals surface area contributed by atoms with Crippen LogP contribution < -0.4 is 0 Å². The van der Waals surface area contributed by atoms with E-state index in [2.05, 4.69) is 18.6 Å². The second-order valence-corrected chi connectivity index (χ2v) is 2.30. The van der Waals surface area contributed by atoms with Crippen LogP contribution in [0.3, 0.4) is 0 Å². The molecule has 0 aromatic carbocycles. The van der Waals surface area contributed by atoms with Crippen LogP contribution in [0.4, 0.5) is 0 Å². The Hall–Kier alpha value is -0.390. The minimum absolute atomic E-state index is 1.29. The zero-order valence-corrected chi connectivity index (χ0v) is 5.27. The van der Waals surface area contributed by atoms with E-state index in [1.54, 1.807) is 0 Å². The zero-order chi connectivity index (χ0) is 5.66. The summed E-state index contributed by atoms with van der Waals surface area (Å²) in [7, 11) is 0. The number of hydrogen-bond acceptors (Lipinski definition) is 0. The summed E-state index contributed by atoms with van der Waals surface area (Å²) in [6.45, 7) is 0. The molecule has 46 valence electrons. The summed E-state index contributed by atoms with van der Waals surface area (Å²) >= 11 is 0. The number of allylic oxidation sites excluding steroid dienone is 2. The maximum atomic E-state index is 2.26. The monoisotopic (exact) mass is 109 g/mol. The molecule has 0 atom stereocenters. The van der Waals surface area contributed by atoms with Crippen LogP contribution in [-0.2, 0) is 0 Å². The van der Waals surface area contributed by atoms with Gasteiger partial charge in [0.05, 0.1) is 0 Å². The van der Waals surface area contributed by atoms with Gasteiger partial charge < -0.3 is 0 Å². The van der Waals surface area contributed by atoms with Crippen LogP contribution in [-0.4, -0.2) is 0 Å². The van der Waals surface area contributed by atoms with Gasteiger partial charge in [-0.3, -0.25) is 0 Å². The second-order valence-electron chi connectivity index (χ2n) is 2.30. The average Bonchev–Trinajstić information content (AvgIpc) is 1.62. The van der Waals surface area contributed by atoms with Crippen molar-refractivity contribution in [1.82, 2.24) is 0 Å². The van der Waals surface area contributed by atoms with Crippen molar-refractivity contribution in [2.24, 2.45) is 0 Å². The van der Waals surface area contributed by atoms with Crippen LogP contribution in [0, 0.1) is 6.42 Å². The van der Waals surface area contributed by atoms with E-state index in [4.69, 9.17) is 0 Å². The van der Waals surface area contributed by atoms with Crippen molar-refractivity contribution in [3.63, 3.8) is 0 Å². The van der Waals surface area contributed by atoms with Crippen molar-refractivity contribution in [2.75, 3.05) is 0 Å². The first-order valence-electron chi connectivity index (χ1n) is 3.48. The van der Waals surface area contributed by atoms with Crippen molar-refractivity contribution in [3.8, 4) is 0 Å². The van der Waals surface area contributed by atoms with Crippen LogP contribution in [0.1, 0.15) is 32.1 Å². The van der Waals surface area contributed by atoms with Gasteiger partial charge >= 0.3 is 0 Å². The average molecular weight is 109 g/mol. The molecule has 0 unspecified atom stereocenters. The van der Waals surface area contributed by atoms with E-state index in [0.717, 1.165) is 0 Å². The molecule has 0 fully saturated rings. The molecule has 0 aromatic rings. The standard InChI is InChI=1S/C8H13/c1-2-4-6-8-7-5-3-1/h1-3H,4-8H2/q-1/b2-1-. The highest BCUT2D eigenvalue weighted by atomic mass is 14.0. The first kappa shape index (κ1) is 5.74. The summed E-state index contributed by atoms with van der Waals surface area (Å²) in [4.78, 5) is 0. The van der Waals surface area contributed by atoms with Crippen molar-refractivity contribution < 1.29 is 0 Å². The molecule has 0 N–H and O–H groups in total. The molecular formula is C8H13-. The quantitative estimate of drug-likeness (QED) is 0.419. The molecule has 1 aliphatic carbocycles. The largest absolute Gasteiger partial charge is 0.232 e. The normalized spacial score (nSPS) is 25.0. The fraction of sp³-hybridized carbons (Fsp3) is 0.625. The van der Waals surface area contributed by atoms with Crippen molar-refractivity contribution in [1.29, 1.82) is 0 Å². The molecule has 0 bridgehead atoms. The van der Waals surface area contributed by atoms with Gasteiger partial charge in [0.2, 0.25) is 0 Å². The van der Waals surface area contributed by atoms with Crippen LogP contribution in [0.25, 0.3) is 0 Å². The van der Waals surface area contributed by atoms with Gasteiger partial charge in [0, 0.05) is 0 Å². The van der Waals surface area contributed by atoms with Gasteiger partial charge in [-0.1, -0.05) is 19.3 Å². The first-order chi connectivity index (χ1) is 4.00. The summed E-state index contributed by atoms with van der Waals surface area (Å²) in [5.74, 6) is 0. The van der Waals surface area contributed by atoms with Gasteiger partial charge in [-0.15, -0.1) is 12.8 Å². The molecule has 0 heteroatoms. The van der Waals surface area contributed by atoms with E-state index in [-0.39, 0.29) is 0 Å². The van der Waals surface area contributed by atoms with Gasteiger partial charge in [0.1, 0.15) is 0 Å². The third-order valence-electron chi connectivity index (χ3n) is 1.51. The molecule has 0 saturated carbocycles. The maximum absolute atomic E-state index is 2.26. The van der Waals surface area contributed by atoms with E-state index in [0.29, 0.717) is 0 Å². The minimum atomic E-state index is 1.29. The Balaban J connectivity index is 2.17. The molecule has 1 aliphatic rings. The Morgan fingerprint density at radius 1 is 1.12 bits per heavy atom. The predicted molar refractivity (Wildman–Crippen MR) is 36.5 cm³/mol. The van der Waals surface area contributed by atoms with Crippen molar-refractivity contribution in [2.45, 2.75) is 32.1 Å². The van der Waals surface area contributed by atoms with Gasteiger partial charge in [-0.25, -0.2) is 18.6 Å². The summed E-state index contributed by atoms with van der Waals surface area (Å²) < 4.78 is 0. The fourth-order valence-corrected chi connectivity index (χ4v) is 0.990. The molecule has 1 rings (SSSR count). The van der Waals surface area contributed by atoms with Crippen LogP contribution in [0.15, 0.2) is 12.2 Å². The van der Waals surface area contributed by atoms with Gasteiger partial charge in [-0.05, 0) is 0 Å². The topological polar surface area (TPSA) is 0 Å². The lowest BCUT2D eigenvalue weighted by atomic mass is 10.1. The van der Waals surface area contributed by atoms with Crippen LogP contribution >= 0.6 is 0 Å². The molecule has 0 spiro atoms. The summed E-state index contributed by atoms with van der Waals surface area (Å²) in [5.41, 5.74) is 0. The predicted octanol–water partition coefficient (Wildman–Crippen LogP) is 2.71. The number of hydrogen-bond donors (Lipinski definition) is 0. The highest BCUT2D eigenvalue weighted by molar-refractivity contribution is 4.95. The highest BCUT2D eigenvalue weighted by Crippen LogP contribution is 2.09. The zero-order valence-electron chi connectivity index (χ0n) is 5.27. The Bertz CT molecular complexity index is 62.1. The lowest BCUT2D eigenvalue weighted by Crippen LogP contribution is -1.80. The van der Waals surface area contributed by atoms with E-state index in [1.165, 1.54) is 32.1 Å². The first-order valence-corrected chi connectivity index (χ1v) is 3.48. The fourth-order valence-electron chi connectivity index (χ4n) is 0.990. The van der Waals surface area contributed by atoms with Crippen LogP contribution in [0.5, 0.6) is 0 Å². The second kappa shape index (κ2) is 3.59. The Morgan fingerprint density at radius 3 is 3.12 bits per heavy atom. The lowest BCUT2D eigenvalue weighted by molar-refractivity contribution is 0.677. The third kappa shape index (κ3) is 2.06. The summed E-state index contributed by atoms with van der Waals surface area (Å²) in [5, 5.41) is 0. The smallest absolute Gasteiger partial charge is 0.0555 e. The van der Waals surface area contributed by atoms with Crippen molar-refractivity contribution >= 4 is 0 Å². The Labute approximate surface area is 51.6 Å². The SMILES string of the molecule is C1=C\CCCCC[CH-]/1. The van der Waals surface area contributed by atoms with Gasteiger partial charge in [0.25, 0.3) is 0 Å². The maximum Gasteiger partial charge on any atom is -0.0555 e. The highest BCUT2D eigenvalue weighted by Gasteiger charge is 1.84. The summed E-state index contributed by atoms with van der Waals surface area (Å²) in [6, 6.07) is 0. The lowest BCUT2D eigenvalue weighted by Gasteiger charge is -2.07. The van der Waals surface area contributed by atoms with E-state index < -0.39 is 0 Å². The van der Waals surface area contributed by atoms with E-state index in [9.17, 15) is 0 Å². The van der Waals surface area contributed by atoms with E-state index in [1.807, 2.05) is 0 Å².